The van der Waals surface area contributed by atoms with Gasteiger partial charge < -0.3 is 10.1 Å². The molecule has 0 aliphatic carbocycles. The Morgan fingerprint density at radius 3 is 2.84 bits per heavy atom. The monoisotopic (exact) mass is 297 g/mol. The van der Waals surface area contributed by atoms with Crippen LogP contribution in [0.4, 0.5) is 0 Å². The maximum atomic E-state index is 5.80. The molecule has 1 aromatic carbocycles. The topological polar surface area (TPSA) is 21.3 Å². The first kappa shape index (κ1) is 15.1. The van der Waals surface area contributed by atoms with Crippen LogP contribution in [-0.4, -0.2) is 35.7 Å². The van der Waals surface area contributed by atoms with Crippen molar-refractivity contribution in [2.24, 2.45) is 0 Å². The summed E-state index contributed by atoms with van der Waals surface area (Å²) in [4.78, 5) is 0. The van der Waals surface area contributed by atoms with Gasteiger partial charge in [-0.2, -0.15) is 23.5 Å². The maximum Gasteiger partial charge on any atom is 0.124 e. The predicted molar refractivity (Wildman–Crippen MR) is 87.6 cm³/mol. The molecule has 1 fully saturated rings. The van der Waals surface area contributed by atoms with Crippen LogP contribution in [0.1, 0.15) is 25.5 Å². The second-order valence-corrected chi connectivity index (χ2v) is 6.99. The molecule has 106 valence electrons. The molecular formula is C15H23NOS2. The third-order valence-corrected chi connectivity index (χ3v) is 6.06. The van der Waals surface area contributed by atoms with Crippen LogP contribution in [0.3, 0.4) is 0 Å². The summed E-state index contributed by atoms with van der Waals surface area (Å²) in [6.45, 7) is 5.94. The number of hydrogen-bond donors (Lipinski definition) is 1. The molecule has 0 saturated carbocycles. The fourth-order valence-corrected chi connectivity index (χ4v) is 5.24. The molecule has 1 aromatic rings. The Morgan fingerprint density at radius 1 is 1.32 bits per heavy atom. The number of hydrogen-bond acceptors (Lipinski definition) is 4. The summed E-state index contributed by atoms with van der Waals surface area (Å²) in [5, 5.41) is 4.29. The van der Waals surface area contributed by atoms with Gasteiger partial charge in [-0.1, -0.05) is 25.1 Å². The summed E-state index contributed by atoms with van der Waals surface area (Å²) in [5.41, 5.74) is 1.31. The number of thioether (sulfide) groups is 2. The zero-order valence-corrected chi connectivity index (χ0v) is 13.4. The average molecular weight is 297 g/mol. The molecule has 0 aromatic heterocycles. The SMILES string of the molecule is CCNC(c1ccccc1OCC)C1CSCCS1. The number of ether oxygens (including phenoxy) is 1. The molecule has 2 atom stereocenters. The average Bonchev–Trinajstić information content (AvgIpc) is 2.47. The van der Waals surface area contributed by atoms with E-state index in [2.05, 4.69) is 60.0 Å². The van der Waals surface area contributed by atoms with E-state index in [9.17, 15) is 0 Å². The third-order valence-electron chi connectivity index (χ3n) is 3.19. The van der Waals surface area contributed by atoms with Crippen molar-refractivity contribution in [1.29, 1.82) is 0 Å². The first-order valence-electron chi connectivity index (χ1n) is 7.01. The Morgan fingerprint density at radius 2 is 2.16 bits per heavy atom. The molecule has 4 heteroatoms. The molecule has 2 rings (SSSR count). The molecule has 0 amide bonds. The second-order valence-electron chi connectivity index (χ2n) is 4.49. The number of rotatable bonds is 6. The van der Waals surface area contributed by atoms with Crippen molar-refractivity contribution in [1.82, 2.24) is 5.32 Å². The van der Waals surface area contributed by atoms with Crippen LogP contribution >= 0.6 is 23.5 Å². The summed E-state index contributed by atoms with van der Waals surface area (Å²) in [5.74, 6) is 4.80. The fraction of sp³-hybridized carbons (Fsp3) is 0.600. The van der Waals surface area contributed by atoms with Gasteiger partial charge in [0.25, 0.3) is 0 Å². The van der Waals surface area contributed by atoms with Crippen LogP contribution in [0.2, 0.25) is 0 Å². The molecule has 0 radical (unpaired) electrons. The summed E-state index contributed by atoms with van der Waals surface area (Å²) >= 11 is 4.16. The van der Waals surface area contributed by atoms with Crippen LogP contribution < -0.4 is 10.1 Å². The quantitative estimate of drug-likeness (QED) is 0.866. The van der Waals surface area contributed by atoms with Crippen LogP contribution in [0.5, 0.6) is 5.75 Å². The van der Waals surface area contributed by atoms with Gasteiger partial charge in [0.15, 0.2) is 0 Å². The van der Waals surface area contributed by atoms with Crippen molar-refractivity contribution in [2.75, 3.05) is 30.4 Å². The lowest BCUT2D eigenvalue weighted by Crippen LogP contribution is -2.34. The van der Waals surface area contributed by atoms with Crippen LogP contribution in [0.15, 0.2) is 24.3 Å². The lowest BCUT2D eigenvalue weighted by molar-refractivity contribution is 0.331. The van der Waals surface area contributed by atoms with Crippen LogP contribution in [-0.2, 0) is 0 Å². The molecule has 0 bridgehead atoms. The second kappa shape index (κ2) is 8.08. The molecule has 1 heterocycles. The zero-order chi connectivity index (χ0) is 13.5. The van der Waals surface area contributed by atoms with Gasteiger partial charge in [-0.25, -0.2) is 0 Å². The van der Waals surface area contributed by atoms with Crippen molar-refractivity contribution in [3.05, 3.63) is 29.8 Å². The van der Waals surface area contributed by atoms with Crippen molar-refractivity contribution < 1.29 is 4.74 Å². The van der Waals surface area contributed by atoms with Gasteiger partial charge in [0.05, 0.1) is 6.61 Å². The van der Waals surface area contributed by atoms with Gasteiger partial charge in [0.1, 0.15) is 5.75 Å². The molecule has 1 aliphatic rings. The van der Waals surface area contributed by atoms with E-state index >= 15 is 0 Å². The maximum absolute atomic E-state index is 5.80. The van der Waals surface area contributed by atoms with E-state index in [0.29, 0.717) is 11.3 Å². The van der Waals surface area contributed by atoms with Gasteiger partial charge in [-0.15, -0.1) is 0 Å². The van der Waals surface area contributed by atoms with Gasteiger partial charge in [-0.05, 0) is 19.5 Å². The van der Waals surface area contributed by atoms with E-state index in [0.717, 1.165) is 18.9 Å². The Hall–Kier alpha value is -0.320. The smallest absolute Gasteiger partial charge is 0.124 e. The van der Waals surface area contributed by atoms with Crippen molar-refractivity contribution >= 4 is 23.5 Å². The van der Waals surface area contributed by atoms with Crippen molar-refractivity contribution in [3.63, 3.8) is 0 Å². The number of nitrogens with one attached hydrogen (secondary N) is 1. The van der Waals surface area contributed by atoms with Gasteiger partial charge in [0.2, 0.25) is 0 Å². The van der Waals surface area contributed by atoms with E-state index in [1.54, 1.807) is 0 Å². The summed E-state index contributed by atoms with van der Waals surface area (Å²) in [6, 6.07) is 8.86. The standard InChI is InChI=1S/C15H23NOS2/c1-3-16-15(14-11-18-9-10-19-14)12-7-5-6-8-13(12)17-4-2/h5-8,14-16H,3-4,9-11H2,1-2H3. The number of benzene rings is 1. The highest BCUT2D eigenvalue weighted by Gasteiger charge is 2.27. The molecule has 2 unspecified atom stereocenters. The Kier molecular flexibility index (Phi) is 6.41. The van der Waals surface area contributed by atoms with E-state index in [-0.39, 0.29) is 0 Å². The first-order valence-corrected chi connectivity index (χ1v) is 9.21. The van der Waals surface area contributed by atoms with E-state index in [1.807, 2.05) is 6.92 Å². The molecule has 1 N–H and O–H groups in total. The molecule has 0 spiro atoms. The van der Waals surface area contributed by atoms with E-state index in [4.69, 9.17) is 4.74 Å². The summed E-state index contributed by atoms with van der Waals surface area (Å²) in [6.07, 6.45) is 0. The lowest BCUT2D eigenvalue weighted by Gasteiger charge is -2.31. The van der Waals surface area contributed by atoms with E-state index < -0.39 is 0 Å². The van der Waals surface area contributed by atoms with E-state index in [1.165, 1.54) is 22.8 Å². The Bertz CT molecular complexity index is 380. The highest BCUT2D eigenvalue weighted by Crippen LogP contribution is 2.36. The lowest BCUT2D eigenvalue weighted by atomic mass is 10.0. The third kappa shape index (κ3) is 4.07. The van der Waals surface area contributed by atoms with Crippen molar-refractivity contribution in [2.45, 2.75) is 25.1 Å². The van der Waals surface area contributed by atoms with Crippen molar-refractivity contribution in [3.8, 4) is 5.75 Å². The first-order chi connectivity index (χ1) is 9.36. The molecule has 1 aliphatic heterocycles. The summed E-state index contributed by atoms with van der Waals surface area (Å²) < 4.78 is 5.80. The Labute approximate surface area is 125 Å². The minimum Gasteiger partial charge on any atom is -0.494 e. The fourth-order valence-electron chi connectivity index (χ4n) is 2.38. The van der Waals surface area contributed by atoms with Crippen LogP contribution in [0, 0.1) is 0 Å². The van der Waals surface area contributed by atoms with Gasteiger partial charge in [-0.3, -0.25) is 0 Å². The molecule has 19 heavy (non-hydrogen) atoms. The van der Waals surface area contributed by atoms with Crippen LogP contribution in [0.25, 0.3) is 0 Å². The predicted octanol–water partition coefficient (Wildman–Crippen LogP) is 3.58. The Balaban J connectivity index is 2.21. The van der Waals surface area contributed by atoms with Gasteiger partial charge >= 0.3 is 0 Å². The molecular weight excluding hydrogens is 274 g/mol. The summed E-state index contributed by atoms with van der Waals surface area (Å²) in [7, 11) is 0. The highest BCUT2D eigenvalue weighted by atomic mass is 32.2. The minimum atomic E-state index is 0.394. The minimum absolute atomic E-state index is 0.394. The molecule has 1 saturated heterocycles. The van der Waals surface area contributed by atoms with Gasteiger partial charge in [0, 0.05) is 34.1 Å². The number of para-hydroxylation sites is 1. The highest BCUT2D eigenvalue weighted by molar-refractivity contribution is 8.06. The zero-order valence-electron chi connectivity index (χ0n) is 11.7. The molecule has 2 nitrogen and oxygen atoms in total. The normalized spacial score (nSPS) is 21.1. The largest absolute Gasteiger partial charge is 0.494 e.